The summed E-state index contributed by atoms with van der Waals surface area (Å²) in [6.45, 7) is 2.44. The molecular weight excluding hydrogens is 458 g/mol. The molecule has 2 aromatic rings. The smallest absolute Gasteiger partial charge is 0.262 e. The van der Waals surface area contributed by atoms with Crippen LogP contribution in [0, 0.1) is 5.92 Å². The normalized spacial score (nSPS) is 22.8. The summed E-state index contributed by atoms with van der Waals surface area (Å²) in [6, 6.07) is 14.0. The summed E-state index contributed by atoms with van der Waals surface area (Å²) in [7, 11) is -2.53. The van der Waals surface area contributed by atoms with Crippen LogP contribution < -0.4 is 10.2 Å². The molecule has 2 saturated heterocycles. The van der Waals surface area contributed by atoms with E-state index in [4.69, 9.17) is 9.57 Å². The van der Waals surface area contributed by atoms with Gasteiger partial charge in [-0.3, -0.25) is 14.4 Å². The number of rotatable bonds is 7. The molecule has 2 fully saturated rings. The number of fused-ring (bicyclic) bond motifs is 1. The van der Waals surface area contributed by atoms with E-state index in [1.807, 2.05) is 30.3 Å². The van der Waals surface area contributed by atoms with Crippen LogP contribution in [0.25, 0.3) is 0 Å². The lowest BCUT2D eigenvalue weighted by Crippen LogP contribution is -2.54. The number of nitrogens with zero attached hydrogens (tertiary/aromatic N) is 2. The Morgan fingerprint density at radius 1 is 1.09 bits per heavy atom. The molecule has 2 aliphatic heterocycles. The van der Waals surface area contributed by atoms with Crippen molar-refractivity contribution >= 4 is 21.8 Å². The van der Waals surface area contributed by atoms with Gasteiger partial charge in [-0.05, 0) is 48.6 Å². The molecule has 1 N–H and O–H groups in total. The van der Waals surface area contributed by atoms with Gasteiger partial charge >= 0.3 is 0 Å². The van der Waals surface area contributed by atoms with Crippen LogP contribution in [0.4, 0.5) is 0 Å². The van der Waals surface area contributed by atoms with Gasteiger partial charge in [0.1, 0.15) is 11.8 Å². The number of hydroxylamine groups is 1. The lowest BCUT2D eigenvalue weighted by Gasteiger charge is -2.38. The number of ether oxygens (including phenoxy) is 1. The molecule has 3 unspecified atom stereocenters. The van der Waals surface area contributed by atoms with Crippen LogP contribution in [0.2, 0.25) is 0 Å². The van der Waals surface area contributed by atoms with E-state index in [2.05, 4.69) is 5.48 Å². The van der Waals surface area contributed by atoms with E-state index in [9.17, 15) is 18.0 Å². The van der Waals surface area contributed by atoms with Crippen LogP contribution >= 0.6 is 0 Å². The zero-order valence-electron chi connectivity index (χ0n) is 19.2. The average molecular weight is 488 g/mol. The van der Waals surface area contributed by atoms with E-state index in [0.29, 0.717) is 25.1 Å². The second-order valence-electron chi connectivity index (χ2n) is 8.58. The summed E-state index contributed by atoms with van der Waals surface area (Å²) in [5, 5.41) is 0. The van der Waals surface area contributed by atoms with Crippen molar-refractivity contribution in [3.63, 3.8) is 0 Å². The lowest BCUT2D eigenvalue weighted by atomic mass is 9.91. The summed E-state index contributed by atoms with van der Waals surface area (Å²) >= 11 is 0. The van der Waals surface area contributed by atoms with Gasteiger partial charge in [0.2, 0.25) is 15.9 Å². The van der Waals surface area contributed by atoms with E-state index in [1.54, 1.807) is 17.0 Å². The van der Waals surface area contributed by atoms with Gasteiger partial charge in [0.25, 0.3) is 5.91 Å². The van der Waals surface area contributed by atoms with Crippen molar-refractivity contribution in [2.24, 2.45) is 5.92 Å². The minimum Gasteiger partial charge on any atom is -0.497 e. The van der Waals surface area contributed by atoms with Crippen molar-refractivity contribution in [1.29, 1.82) is 0 Å². The number of carbonyl (C=O) groups is 2. The molecule has 0 radical (unpaired) electrons. The second kappa shape index (κ2) is 10.1. The lowest BCUT2D eigenvalue weighted by molar-refractivity contribution is -0.138. The number of methoxy groups -OCH3 is 1. The van der Waals surface area contributed by atoms with Gasteiger partial charge < -0.3 is 9.64 Å². The molecule has 182 valence electrons. The second-order valence-corrected chi connectivity index (χ2v) is 10.4. The highest BCUT2D eigenvalue weighted by Gasteiger charge is 2.52. The number of piperidine rings is 1. The topological polar surface area (TPSA) is 105 Å². The van der Waals surface area contributed by atoms with Gasteiger partial charge in [-0.15, -0.1) is 0 Å². The molecule has 0 saturated carbocycles. The van der Waals surface area contributed by atoms with E-state index >= 15 is 0 Å². The van der Waals surface area contributed by atoms with Gasteiger partial charge in [0.15, 0.2) is 0 Å². The fraction of sp³-hybridized carbons (Fsp3) is 0.417. The summed E-state index contributed by atoms with van der Waals surface area (Å²) in [5.41, 5.74) is 3.32. The maximum Gasteiger partial charge on any atom is 0.262 e. The highest BCUT2D eigenvalue weighted by molar-refractivity contribution is 7.89. The number of nitrogens with one attached hydrogen (secondary N) is 1. The Kier molecular flexibility index (Phi) is 7.20. The first-order valence-electron chi connectivity index (χ1n) is 11.2. The third-order valence-corrected chi connectivity index (χ3v) is 8.47. The monoisotopic (exact) mass is 487 g/mol. The molecule has 2 heterocycles. The quantitative estimate of drug-likeness (QED) is 0.599. The van der Waals surface area contributed by atoms with Gasteiger partial charge in [0, 0.05) is 26.1 Å². The summed E-state index contributed by atoms with van der Waals surface area (Å²) in [6.07, 6.45) is 1.000. The van der Waals surface area contributed by atoms with Crippen LogP contribution in [-0.4, -0.2) is 61.7 Å². The van der Waals surface area contributed by atoms with Gasteiger partial charge in [-0.2, -0.15) is 4.31 Å². The van der Waals surface area contributed by atoms with Gasteiger partial charge in [0.05, 0.1) is 18.6 Å². The Morgan fingerprint density at radius 3 is 2.44 bits per heavy atom. The van der Waals surface area contributed by atoms with Crippen LogP contribution in [0.15, 0.2) is 59.5 Å². The molecular formula is C24H29N3O6S. The van der Waals surface area contributed by atoms with Crippen LogP contribution in [0.3, 0.4) is 0 Å². The van der Waals surface area contributed by atoms with Crippen molar-refractivity contribution in [2.45, 2.75) is 43.4 Å². The molecule has 2 aliphatic rings. The average Bonchev–Trinajstić information content (AvgIpc) is 3.24. The summed E-state index contributed by atoms with van der Waals surface area (Å²) in [4.78, 5) is 32.3. The number of benzene rings is 2. The number of sulfonamides is 1. The predicted molar refractivity (Wildman–Crippen MR) is 124 cm³/mol. The minimum absolute atomic E-state index is 0.0338. The van der Waals surface area contributed by atoms with Crippen LogP contribution in [0.5, 0.6) is 5.75 Å². The SMILES string of the molecule is COc1ccc(S(=O)(=O)N2C(C(=O)NOCc3ccccc3)CC3CCN(C(C)=O)CC32)cc1. The Balaban J connectivity index is 1.58. The van der Waals surface area contributed by atoms with Gasteiger partial charge in [-0.1, -0.05) is 30.3 Å². The Morgan fingerprint density at radius 2 is 1.79 bits per heavy atom. The number of carbonyl (C=O) groups excluding carboxylic acids is 2. The zero-order valence-corrected chi connectivity index (χ0v) is 20.0. The van der Waals surface area contributed by atoms with Gasteiger partial charge in [-0.25, -0.2) is 13.9 Å². The molecule has 2 aromatic carbocycles. The maximum atomic E-state index is 13.7. The summed E-state index contributed by atoms with van der Waals surface area (Å²) in [5.74, 6) is -0.132. The van der Waals surface area contributed by atoms with Crippen LogP contribution in [-0.2, 0) is 31.1 Å². The molecule has 10 heteroatoms. The van der Waals surface area contributed by atoms with Crippen molar-refractivity contribution in [3.05, 3.63) is 60.2 Å². The molecule has 34 heavy (non-hydrogen) atoms. The molecule has 2 amide bonds. The van der Waals surface area contributed by atoms with Crippen molar-refractivity contribution in [3.8, 4) is 5.75 Å². The Hall–Kier alpha value is -2.95. The molecule has 0 aromatic heterocycles. The molecule has 9 nitrogen and oxygen atoms in total. The Bertz CT molecular complexity index is 1120. The van der Waals surface area contributed by atoms with Crippen LogP contribution in [0.1, 0.15) is 25.3 Å². The fourth-order valence-corrected chi connectivity index (χ4v) is 6.56. The fourth-order valence-electron chi connectivity index (χ4n) is 4.72. The van der Waals surface area contributed by atoms with Crippen molar-refractivity contribution in [1.82, 2.24) is 14.7 Å². The van der Waals surface area contributed by atoms with E-state index in [1.165, 1.54) is 30.5 Å². The third-order valence-electron chi connectivity index (χ3n) is 6.52. The largest absolute Gasteiger partial charge is 0.497 e. The van der Waals surface area contributed by atoms with Crippen molar-refractivity contribution in [2.75, 3.05) is 20.2 Å². The first-order chi connectivity index (χ1) is 16.3. The number of hydrogen-bond acceptors (Lipinski definition) is 6. The van der Waals surface area contributed by atoms with Crippen molar-refractivity contribution < 1.29 is 27.6 Å². The highest BCUT2D eigenvalue weighted by Crippen LogP contribution is 2.40. The molecule has 0 aliphatic carbocycles. The first-order valence-corrected chi connectivity index (χ1v) is 12.6. The first kappa shape index (κ1) is 24.2. The predicted octanol–water partition coefficient (Wildman–Crippen LogP) is 1.94. The van der Waals surface area contributed by atoms with E-state index in [-0.39, 0.29) is 29.9 Å². The number of amides is 2. The van der Waals surface area contributed by atoms with E-state index < -0.39 is 28.0 Å². The summed E-state index contributed by atoms with van der Waals surface area (Å²) < 4.78 is 33.9. The number of hydrogen-bond donors (Lipinski definition) is 1. The standard InChI is InChI=1S/C24H29N3O6S/c1-17(28)26-13-12-19-14-22(24(29)25-33-16-18-6-4-3-5-7-18)27(23(19)15-26)34(30,31)21-10-8-20(32-2)9-11-21/h3-11,19,22-23H,12-16H2,1-2H3,(H,25,29). The maximum absolute atomic E-state index is 13.7. The number of likely N-dealkylation sites (tertiary alicyclic amines) is 1. The Labute approximate surface area is 199 Å². The third kappa shape index (κ3) is 4.94. The van der Waals surface area contributed by atoms with E-state index in [0.717, 1.165) is 5.56 Å². The highest BCUT2D eigenvalue weighted by atomic mass is 32.2. The molecule has 4 rings (SSSR count). The zero-order chi connectivity index (χ0) is 24.3. The molecule has 0 bridgehead atoms. The molecule has 0 spiro atoms. The molecule has 3 atom stereocenters. The minimum atomic E-state index is -4.03.